The zero-order valence-electron chi connectivity index (χ0n) is 16.0. The summed E-state index contributed by atoms with van der Waals surface area (Å²) < 4.78 is 23.6. The van der Waals surface area contributed by atoms with E-state index in [4.69, 9.17) is 9.15 Å². The Morgan fingerprint density at radius 2 is 2.21 bits per heavy atom. The van der Waals surface area contributed by atoms with Gasteiger partial charge in [-0.05, 0) is 45.6 Å². The van der Waals surface area contributed by atoms with Crippen LogP contribution in [-0.2, 0) is 15.5 Å². The fourth-order valence-corrected chi connectivity index (χ4v) is 4.31. The molecule has 9 nitrogen and oxygen atoms in total. The zero-order valence-corrected chi connectivity index (χ0v) is 16.9. The second-order valence-electron chi connectivity index (χ2n) is 7.84. The van der Waals surface area contributed by atoms with Crippen LogP contribution in [0.2, 0.25) is 0 Å². The molecule has 1 aliphatic rings. The molecule has 1 amide bonds. The van der Waals surface area contributed by atoms with Gasteiger partial charge < -0.3 is 14.1 Å². The maximum Gasteiger partial charge on any atom is 0.410 e. The highest BCUT2D eigenvalue weighted by Crippen LogP contribution is 2.25. The van der Waals surface area contributed by atoms with E-state index < -0.39 is 21.3 Å². The van der Waals surface area contributed by atoms with E-state index in [0.717, 1.165) is 12.8 Å². The summed E-state index contributed by atoms with van der Waals surface area (Å²) in [6, 6.07) is 4.07. The van der Waals surface area contributed by atoms with Crippen molar-refractivity contribution < 1.29 is 23.1 Å². The van der Waals surface area contributed by atoms with Crippen LogP contribution < -0.4 is 0 Å². The van der Waals surface area contributed by atoms with Gasteiger partial charge >= 0.3 is 6.09 Å². The molecule has 0 radical (unpaired) electrons. The van der Waals surface area contributed by atoms with Crippen LogP contribution in [0.1, 0.15) is 33.6 Å². The summed E-state index contributed by atoms with van der Waals surface area (Å²) in [4.78, 5) is 28.4. The van der Waals surface area contributed by atoms with Gasteiger partial charge in [-0.2, -0.15) is 0 Å². The molecule has 152 valence electrons. The van der Waals surface area contributed by atoms with Gasteiger partial charge in [0.15, 0.2) is 5.58 Å². The van der Waals surface area contributed by atoms with Crippen molar-refractivity contribution in [3.05, 3.63) is 28.3 Å². The predicted octanol–water partition coefficient (Wildman–Crippen LogP) is 3.49. The number of piperidine rings is 1. The number of rotatable bonds is 4. The molecule has 1 aliphatic heterocycles. The Morgan fingerprint density at radius 3 is 2.89 bits per heavy atom. The van der Waals surface area contributed by atoms with Gasteiger partial charge in [0.05, 0.1) is 4.92 Å². The fourth-order valence-electron chi connectivity index (χ4n) is 3.08. The molecule has 1 saturated heterocycles. The number of nitrogens with zero attached hydrogens (tertiary/aromatic N) is 3. The fraction of sp³-hybridized carbons (Fsp3) is 0.556. The van der Waals surface area contributed by atoms with E-state index in [1.165, 1.54) is 18.2 Å². The van der Waals surface area contributed by atoms with Crippen LogP contribution >= 0.6 is 0 Å². The van der Waals surface area contributed by atoms with E-state index in [1.807, 2.05) is 20.8 Å². The lowest BCUT2D eigenvalue weighted by Crippen LogP contribution is -2.43. The summed E-state index contributed by atoms with van der Waals surface area (Å²) in [6.07, 6.45) is 1.29. The summed E-state index contributed by atoms with van der Waals surface area (Å²) in [5.74, 6) is 0.334. The first-order chi connectivity index (χ1) is 13.1. The van der Waals surface area contributed by atoms with Gasteiger partial charge in [0, 0.05) is 31.0 Å². The van der Waals surface area contributed by atoms with Crippen molar-refractivity contribution in [3.8, 4) is 0 Å². The molecule has 0 aliphatic carbocycles. The summed E-state index contributed by atoms with van der Waals surface area (Å²) in [7, 11) is -1.50. The molecule has 0 N–H and O–H groups in total. The molecule has 0 spiro atoms. The lowest BCUT2D eigenvalue weighted by molar-refractivity contribution is -0.384. The first-order valence-electron chi connectivity index (χ1n) is 9.03. The smallest absolute Gasteiger partial charge is 0.410 e. The number of ether oxygens (including phenoxy) is 1. The number of oxazole rings is 1. The van der Waals surface area contributed by atoms with Crippen molar-refractivity contribution in [1.29, 1.82) is 0 Å². The number of carbonyl (C=O) groups is 1. The highest BCUT2D eigenvalue weighted by molar-refractivity contribution is 7.84. The quantitative estimate of drug-likeness (QED) is 0.560. The molecule has 2 atom stereocenters. The Bertz CT molecular complexity index is 920. The van der Waals surface area contributed by atoms with Crippen molar-refractivity contribution in [3.63, 3.8) is 0 Å². The molecule has 0 saturated carbocycles. The minimum Gasteiger partial charge on any atom is -0.444 e. The highest BCUT2D eigenvalue weighted by Gasteiger charge is 2.29. The van der Waals surface area contributed by atoms with Crippen molar-refractivity contribution in [1.82, 2.24) is 9.88 Å². The molecular weight excluding hydrogens is 386 g/mol. The van der Waals surface area contributed by atoms with Crippen molar-refractivity contribution in [2.45, 2.75) is 44.4 Å². The Balaban J connectivity index is 1.66. The minimum absolute atomic E-state index is 0.0338. The zero-order chi connectivity index (χ0) is 20.5. The van der Waals surface area contributed by atoms with E-state index in [1.54, 1.807) is 4.90 Å². The third-order valence-corrected chi connectivity index (χ3v) is 5.65. The number of amides is 1. The van der Waals surface area contributed by atoms with Crippen LogP contribution in [0.4, 0.5) is 10.5 Å². The molecule has 0 unspecified atom stereocenters. The third-order valence-electron chi connectivity index (χ3n) is 4.31. The number of benzene rings is 1. The SMILES string of the molecule is CC(C)(C)OC(=O)N1CCC[C@H](C[S@](=O)c2nc3cc([N+](=O)[O-])ccc3o2)C1. The average molecular weight is 409 g/mol. The Morgan fingerprint density at radius 1 is 1.46 bits per heavy atom. The van der Waals surface area contributed by atoms with Gasteiger partial charge in [-0.15, -0.1) is 0 Å². The summed E-state index contributed by atoms with van der Waals surface area (Å²) in [5, 5.41) is 10.9. The second kappa shape index (κ2) is 7.86. The Kier molecular flexibility index (Phi) is 5.69. The lowest BCUT2D eigenvalue weighted by atomic mass is 10.0. The van der Waals surface area contributed by atoms with Gasteiger partial charge in [-0.3, -0.25) is 10.1 Å². The highest BCUT2D eigenvalue weighted by atomic mass is 32.2. The first kappa shape index (κ1) is 20.2. The van der Waals surface area contributed by atoms with Crippen LogP contribution in [-0.4, -0.2) is 49.6 Å². The number of likely N-dealkylation sites (tertiary alicyclic amines) is 1. The number of nitro groups is 1. The molecule has 3 rings (SSSR count). The van der Waals surface area contributed by atoms with Gasteiger partial charge in [0.25, 0.3) is 10.9 Å². The van der Waals surface area contributed by atoms with Gasteiger partial charge in [0.1, 0.15) is 21.9 Å². The van der Waals surface area contributed by atoms with E-state index >= 15 is 0 Å². The van der Waals surface area contributed by atoms with Crippen molar-refractivity contribution >= 4 is 33.7 Å². The molecule has 2 heterocycles. The number of aromatic nitrogens is 1. The Labute approximate surface area is 164 Å². The molecule has 1 fully saturated rings. The third kappa shape index (κ3) is 4.86. The number of fused-ring (bicyclic) bond motifs is 1. The normalized spacial score (nSPS) is 18.8. The molecular formula is C18H23N3O6S. The largest absolute Gasteiger partial charge is 0.444 e. The topological polar surface area (TPSA) is 116 Å². The second-order valence-corrected chi connectivity index (χ2v) is 9.21. The predicted molar refractivity (Wildman–Crippen MR) is 102 cm³/mol. The van der Waals surface area contributed by atoms with E-state index in [2.05, 4.69) is 4.98 Å². The summed E-state index contributed by atoms with van der Waals surface area (Å²) >= 11 is 0. The standard InChI is InChI=1S/C18H23N3O6S/c1-18(2,3)27-17(22)20-8-4-5-12(10-20)11-28(25)16-19-14-9-13(21(23)24)6-7-15(14)26-16/h6-7,9,12H,4-5,8,10-11H2,1-3H3/t12-,28-/m0/s1. The van der Waals surface area contributed by atoms with Gasteiger partial charge in [-0.1, -0.05) is 0 Å². The van der Waals surface area contributed by atoms with Gasteiger partial charge in [-0.25, -0.2) is 14.0 Å². The van der Waals surface area contributed by atoms with Crippen molar-refractivity contribution in [2.75, 3.05) is 18.8 Å². The average Bonchev–Trinajstić information content (AvgIpc) is 3.04. The van der Waals surface area contributed by atoms with Crippen LogP contribution in [0, 0.1) is 16.0 Å². The van der Waals surface area contributed by atoms with Crippen LogP contribution in [0.3, 0.4) is 0 Å². The maximum atomic E-state index is 12.7. The molecule has 28 heavy (non-hydrogen) atoms. The molecule has 1 aromatic heterocycles. The molecule has 1 aromatic carbocycles. The van der Waals surface area contributed by atoms with E-state index in [0.29, 0.717) is 29.9 Å². The Hall–Kier alpha value is -2.49. The molecule has 2 aromatic rings. The molecule has 10 heteroatoms. The number of non-ortho nitro benzene ring substituents is 1. The van der Waals surface area contributed by atoms with Crippen LogP contribution in [0.15, 0.2) is 27.8 Å². The minimum atomic E-state index is -1.50. The monoisotopic (exact) mass is 409 g/mol. The maximum absolute atomic E-state index is 12.7. The van der Waals surface area contributed by atoms with Crippen LogP contribution in [0.5, 0.6) is 0 Å². The number of nitro benzene ring substituents is 1. The number of hydrogen-bond acceptors (Lipinski definition) is 7. The van der Waals surface area contributed by atoms with Crippen LogP contribution in [0.25, 0.3) is 11.1 Å². The van der Waals surface area contributed by atoms with E-state index in [-0.39, 0.29) is 22.9 Å². The first-order valence-corrected chi connectivity index (χ1v) is 10.4. The molecule has 0 bridgehead atoms. The summed E-state index contributed by atoms with van der Waals surface area (Å²) in [5.41, 5.74) is -0.00355. The lowest BCUT2D eigenvalue weighted by Gasteiger charge is -2.33. The van der Waals surface area contributed by atoms with Gasteiger partial charge in [0.2, 0.25) is 0 Å². The van der Waals surface area contributed by atoms with Crippen molar-refractivity contribution in [2.24, 2.45) is 5.92 Å². The summed E-state index contributed by atoms with van der Waals surface area (Å²) in [6.45, 7) is 6.54. The van der Waals surface area contributed by atoms with E-state index in [9.17, 15) is 19.1 Å². The number of carbonyl (C=O) groups excluding carboxylic acids is 1. The number of hydrogen-bond donors (Lipinski definition) is 0.